The van der Waals surface area contributed by atoms with E-state index in [-0.39, 0.29) is 24.3 Å². The van der Waals surface area contributed by atoms with Crippen molar-refractivity contribution in [3.8, 4) is 5.75 Å². The van der Waals surface area contributed by atoms with Crippen molar-refractivity contribution in [3.05, 3.63) is 59.2 Å². The van der Waals surface area contributed by atoms with E-state index in [4.69, 9.17) is 15.9 Å². The van der Waals surface area contributed by atoms with Crippen LogP contribution in [-0.4, -0.2) is 17.9 Å². The van der Waals surface area contributed by atoms with Gasteiger partial charge >= 0.3 is 0 Å². The fourth-order valence-corrected chi connectivity index (χ4v) is 2.47. The summed E-state index contributed by atoms with van der Waals surface area (Å²) in [6.07, 6.45) is -0.0110. The molecule has 1 atom stereocenters. The van der Waals surface area contributed by atoms with Crippen molar-refractivity contribution in [2.45, 2.75) is 32.9 Å². The number of nitrogens with two attached hydrogens (primary N) is 1. The minimum absolute atomic E-state index is 0. The Morgan fingerprint density at radius 3 is 2.31 bits per heavy atom. The van der Waals surface area contributed by atoms with Crippen LogP contribution >= 0.6 is 12.4 Å². The first-order valence-electron chi connectivity index (χ1n) is 7.96. The summed E-state index contributed by atoms with van der Waals surface area (Å²) in [4.78, 5) is 11.7. The molecule has 4 N–H and O–H groups in total. The number of carbonyl (C=O) groups excluding carboxylic acids is 1. The van der Waals surface area contributed by atoms with E-state index in [1.54, 1.807) is 36.4 Å². The lowest BCUT2D eigenvalue weighted by Crippen LogP contribution is -2.34. The lowest BCUT2D eigenvalue weighted by atomic mass is 10.0. The molecule has 7 heteroatoms. The van der Waals surface area contributed by atoms with Crippen LogP contribution in [0.25, 0.3) is 0 Å². The van der Waals surface area contributed by atoms with Crippen LogP contribution in [0.1, 0.15) is 36.6 Å². The number of amidine groups is 1. The van der Waals surface area contributed by atoms with Crippen LogP contribution in [-0.2, 0) is 4.79 Å². The Kier molecular flexibility index (Phi) is 7.46. The van der Waals surface area contributed by atoms with Gasteiger partial charge < -0.3 is 25.7 Å². The van der Waals surface area contributed by atoms with Crippen LogP contribution in [0.5, 0.6) is 5.75 Å². The van der Waals surface area contributed by atoms with Gasteiger partial charge in [-0.05, 0) is 68.3 Å². The van der Waals surface area contributed by atoms with E-state index < -0.39 is 12.0 Å². The SMILES string of the molecule is Cc1cc(OC(C)C)cc(C(Nc2ccc(C(=N)N)cc2)C(=O)[O-])c1.Cl. The van der Waals surface area contributed by atoms with Gasteiger partial charge in [-0.1, -0.05) is 6.07 Å². The van der Waals surface area contributed by atoms with E-state index in [2.05, 4.69) is 5.32 Å². The smallest absolute Gasteiger partial charge is 0.122 e. The average Bonchev–Trinajstić information content (AvgIpc) is 2.51. The molecule has 2 aromatic rings. The number of carboxylic acids is 1. The van der Waals surface area contributed by atoms with Crippen LogP contribution < -0.4 is 20.9 Å². The predicted octanol–water partition coefficient (Wildman–Crippen LogP) is 2.39. The Morgan fingerprint density at radius 2 is 1.81 bits per heavy atom. The number of ether oxygens (including phenoxy) is 1. The third-order valence-electron chi connectivity index (χ3n) is 3.52. The zero-order valence-corrected chi connectivity index (χ0v) is 15.7. The van der Waals surface area contributed by atoms with Crippen molar-refractivity contribution in [1.29, 1.82) is 5.41 Å². The molecule has 0 saturated heterocycles. The second-order valence-electron chi connectivity index (χ2n) is 6.13. The minimum atomic E-state index is -1.24. The highest BCUT2D eigenvalue weighted by Crippen LogP contribution is 2.26. The molecule has 0 fully saturated rings. The average molecular weight is 377 g/mol. The number of rotatable bonds is 7. The first-order valence-corrected chi connectivity index (χ1v) is 7.96. The van der Waals surface area contributed by atoms with Gasteiger partial charge in [0.25, 0.3) is 0 Å². The predicted molar refractivity (Wildman–Crippen MR) is 103 cm³/mol. The van der Waals surface area contributed by atoms with E-state index in [0.717, 1.165) is 5.56 Å². The Morgan fingerprint density at radius 1 is 1.19 bits per heavy atom. The molecule has 2 rings (SSSR count). The van der Waals surface area contributed by atoms with E-state index in [1.165, 1.54) is 0 Å². The van der Waals surface area contributed by atoms with Crippen LogP contribution in [0.2, 0.25) is 0 Å². The highest BCUT2D eigenvalue weighted by Gasteiger charge is 2.15. The monoisotopic (exact) mass is 376 g/mol. The van der Waals surface area contributed by atoms with Crippen molar-refractivity contribution in [1.82, 2.24) is 0 Å². The van der Waals surface area contributed by atoms with E-state index in [0.29, 0.717) is 22.6 Å². The highest BCUT2D eigenvalue weighted by atomic mass is 35.5. The van der Waals surface area contributed by atoms with Gasteiger partial charge in [0.2, 0.25) is 0 Å². The fourth-order valence-electron chi connectivity index (χ4n) is 2.47. The van der Waals surface area contributed by atoms with Crippen LogP contribution in [0.4, 0.5) is 5.69 Å². The Bertz CT molecular complexity index is 776. The Labute approximate surface area is 159 Å². The molecular weight excluding hydrogens is 354 g/mol. The number of nitrogen functional groups attached to an aromatic ring is 1. The van der Waals surface area contributed by atoms with Crippen molar-refractivity contribution in [2.75, 3.05) is 5.32 Å². The summed E-state index contributed by atoms with van der Waals surface area (Å²) < 4.78 is 5.68. The van der Waals surface area contributed by atoms with Crippen molar-refractivity contribution in [2.24, 2.45) is 5.73 Å². The third kappa shape index (κ3) is 5.67. The Hall–Kier alpha value is -2.73. The number of benzene rings is 2. The summed E-state index contributed by atoms with van der Waals surface area (Å²) in [6, 6.07) is 11.0. The molecule has 1 unspecified atom stereocenters. The van der Waals surface area contributed by atoms with Crippen molar-refractivity contribution in [3.63, 3.8) is 0 Å². The summed E-state index contributed by atoms with van der Waals surface area (Å²) in [5, 5.41) is 22.0. The lowest BCUT2D eigenvalue weighted by molar-refractivity contribution is -0.307. The van der Waals surface area contributed by atoms with E-state index >= 15 is 0 Å². The molecule has 6 nitrogen and oxygen atoms in total. The molecule has 0 saturated carbocycles. The van der Waals surface area contributed by atoms with Gasteiger partial charge in [-0.15, -0.1) is 12.4 Å². The molecule has 26 heavy (non-hydrogen) atoms. The summed E-state index contributed by atoms with van der Waals surface area (Å²) in [5.41, 5.74) is 8.02. The number of anilines is 1. The maximum Gasteiger partial charge on any atom is 0.122 e. The molecule has 0 radical (unpaired) electrons. The molecular formula is C19H23ClN3O3-. The van der Waals surface area contributed by atoms with Gasteiger partial charge in [-0.3, -0.25) is 5.41 Å². The number of halogens is 1. The molecule has 0 aliphatic rings. The number of aliphatic carboxylic acids is 1. The number of hydrogen-bond acceptors (Lipinski definition) is 5. The zero-order valence-electron chi connectivity index (χ0n) is 14.9. The van der Waals surface area contributed by atoms with Gasteiger partial charge in [0.05, 0.1) is 18.1 Å². The number of carbonyl (C=O) groups is 1. The summed E-state index contributed by atoms with van der Waals surface area (Å²) >= 11 is 0. The first-order chi connectivity index (χ1) is 11.8. The molecule has 0 bridgehead atoms. The maximum absolute atomic E-state index is 11.7. The van der Waals surface area contributed by atoms with Gasteiger partial charge in [0, 0.05) is 11.3 Å². The minimum Gasteiger partial charge on any atom is -0.548 e. The lowest BCUT2D eigenvalue weighted by Gasteiger charge is -2.23. The van der Waals surface area contributed by atoms with Crippen LogP contribution in [0.15, 0.2) is 42.5 Å². The van der Waals surface area contributed by atoms with Crippen LogP contribution in [0, 0.1) is 12.3 Å². The van der Waals surface area contributed by atoms with Gasteiger partial charge in [-0.25, -0.2) is 0 Å². The zero-order chi connectivity index (χ0) is 18.6. The molecule has 0 amide bonds. The Balaban J connectivity index is 0.00000338. The fraction of sp³-hybridized carbons (Fsp3) is 0.263. The molecule has 0 spiro atoms. The van der Waals surface area contributed by atoms with Gasteiger partial charge in [0.15, 0.2) is 0 Å². The van der Waals surface area contributed by atoms with Gasteiger partial charge in [-0.2, -0.15) is 0 Å². The summed E-state index contributed by atoms with van der Waals surface area (Å²) in [7, 11) is 0. The number of aryl methyl sites for hydroxylation is 1. The second kappa shape index (κ2) is 9.10. The number of hydrogen-bond donors (Lipinski definition) is 3. The molecule has 0 aromatic heterocycles. The summed E-state index contributed by atoms with van der Waals surface area (Å²) in [6.45, 7) is 5.70. The molecule has 140 valence electrons. The molecule has 0 aliphatic carbocycles. The maximum atomic E-state index is 11.7. The standard InChI is InChI=1S/C19H23N3O3.ClH/c1-11(2)25-16-9-12(3)8-14(10-16)17(19(23)24)22-15-6-4-13(5-7-15)18(20)21;/h4-11,17,22H,1-3H3,(H3,20,21)(H,23,24);1H/p-1. The first kappa shape index (κ1) is 21.3. The molecule has 2 aromatic carbocycles. The van der Waals surface area contributed by atoms with Crippen LogP contribution in [0.3, 0.4) is 0 Å². The highest BCUT2D eigenvalue weighted by molar-refractivity contribution is 5.95. The third-order valence-corrected chi connectivity index (χ3v) is 3.52. The number of nitrogens with one attached hydrogen (secondary N) is 2. The largest absolute Gasteiger partial charge is 0.548 e. The normalized spacial score (nSPS) is 11.4. The molecule has 0 aliphatic heterocycles. The second-order valence-corrected chi connectivity index (χ2v) is 6.13. The number of carboxylic acid groups (broad SMARTS) is 1. The van der Waals surface area contributed by atoms with E-state index in [9.17, 15) is 9.90 Å². The van der Waals surface area contributed by atoms with Crippen molar-refractivity contribution >= 4 is 29.9 Å². The molecule has 0 heterocycles. The van der Waals surface area contributed by atoms with Crippen molar-refractivity contribution < 1.29 is 14.6 Å². The summed E-state index contributed by atoms with van der Waals surface area (Å²) in [5.74, 6) is -0.668. The van der Waals surface area contributed by atoms with E-state index in [1.807, 2.05) is 26.8 Å². The van der Waals surface area contributed by atoms with Gasteiger partial charge in [0.1, 0.15) is 11.6 Å². The quantitative estimate of drug-likeness (QED) is 0.507. The topological polar surface area (TPSA) is 111 Å².